The summed E-state index contributed by atoms with van der Waals surface area (Å²) >= 11 is 8.07. The lowest BCUT2D eigenvalue weighted by Crippen LogP contribution is -2.09. The average molecular weight is 228 g/mol. The molecule has 1 aromatic carbocycles. The SMILES string of the molecule is CC(CN)c1cc(Cl)c2c(c1)CCS2. The molecule has 2 rings (SSSR count). The van der Waals surface area contributed by atoms with Crippen LogP contribution < -0.4 is 5.73 Å². The predicted molar refractivity (Wildman–Crippen MR) is 63.3 cm³/mol. The molecule has 2 N–H and O–H groups in total. The van der Waals surface area contributed by atoms with Gasteiger partial charge in [0.2, 0.25) is 0 Å². The Hall–Kier alpha value is -0.180. The minimum atomic E-state index is 0.406. The van der Waals surface area contributed by atoms with Gasteiger partial charge in [-0.1, -0.05) is 24.6 Å². The number of thioether (sulfide) groups is 1. The molecule has 1 nitrogen and oxygen atoms in total. The molecule has 0 aliphatic carbocycles. The van der Waals surface area contributed by atoms with E-state index in [-0.39, 0.29) is 0 Å². The summed E-state index contributed by atoms with van der Waals surface area (Å²) in [5, 5.41) is 0.903. The minimum Gasteiger partial charge on any atom is -0.330 e. The smallest absolute Gasteiger partial charge is 0.0547 e. The molecule has 1 aromatic rings. The summed E-state index contributed by atoms with van der Waals surface area (Å²) in [6.07, 6.45) is 1.14. The fourth-order valence-corrected chi connectivity index (χ4v) is 3.18. The second-order valence-electron chi connectivity index (χ2n) is 3.73. The summed E-state index contributed by atoms with van der Waals surface area (Å²) in [4.78, 5) is 1.28. The molecular formula is C11H14ClNS. The Bertz CT molecular complexity index is 351. The Labute approximate surface area is 94.0 Å². The van der Waals surface area contributed by atoms with Crippen LogP contribution in [0.5, 0.6) is 0 Å². The highest BCUT2D eigenvalue weighted by Crippen LogP contribution is 2.39. The highest BCUT2D eigenvalue weighted by atomic mass is 35.5. The first-order valence-electron chi connectivity index (χ1n) is 4.87. The van der Waals surface area contributed by atoms with Gasteiger partial charge in [0.1, 0.15) is 0 Å². The van der Waals surface area contributed by atoms with Crippen molar-refractivity contribution in [2.75, 3.05) is 12.3 Å². The highest BCUT2D eigenvalue weighted by Gasteiger charge is 2.17. The lowest BCUT2D eigenvalue weighted by Gasteiger charge is -2.11. The monoisotopic (exact) mass is 227 g/mol. The van der Waals surface area contributed by atoms with E-state index in [0.717, 1.165) is 17.2 Å². The van der Waals surface area contributed by atoms with E-state index in [4.69, 9.17) is 17.3 Å². The van der Waals surface area contributed by atoms with Crippen LogP contribution in [0.15, 0.2) is 17.0 Å². The van der Waals surface area contributed by atoms with Crippen molar-refractivity contribution in [1.82, 2.24) is 0 Å². The molecule has 1 unspecified atom stereocenters. The van der Waals surface area contributed by atoms with Crippen molar-refractivity contribution >= 4 is 23.4 Å². The van der Waals surface area contributed by atoms with Gasteiger partial charge in [0.05, 0.1) is 5.02 Å². The number of hydrogen-bond donors (Lipinski definition) is 1. The van der Waals surface area contributed by atoms with Crippen molar-refractivity contribution in [3.8, 4) is 0 Å². The molecular weight excluding hydrogens is 214 g/mol. The standard InChI is InChI=1S/C11H14ClNS/c1-7(6-13)9-4-8-2-3-14-11(8)10(12)5-9/h4-5,7H,2-3,6,13H2,1H3. The largest absolute Gasteiger partial charge is 0.330 e. The molecule has 14 heavy (non-hydrogen) atoms. The van der Waals surface area contributed by atoms with E-state index in [1.54, 1.807) is 0 Å². The summed E-state index contributed by atoms with van der Waals surface area (Å²) in [6.45, 7) is 2.82. The molecule has 76 valence electrons. The van der Waals surface area contributed by atoms with Gasteiger partial charge in [-0.2, -0.15) is 0 Å². The van der Waals surface area contributed by atoms with E-state index in [1.807, 2.05) is 11.8 Å². The van der Waals surface area contributed by atoms with Crippen molar-refractivity contribution in [1.29, 1.82) is 0 Å². The Morgan fingerprint density at radius 2 is 2.36 bits per heavy atom. The second kappa shape index (κ2) is 4.13. The van der Waals surface area contributed by atoms with Crippen LogP contribution in [0.25, 0.3) is 0 Å². The average Bonchev–Trinajstić information content (AvgIpc) is 2.64. The number of rotatable bonds is 2. The molecule has 3 heteroatoms. The fraction of sp³-hybridized carbons (Fsp3) is 0.455. The van der Waals surface area contributed by atoms with Gasteiger partial charge in [0, 0.05) is 10.6 Å². The molecule has 0 bridgehead atoms. The number of hydrogen-bond acceptors (Lipinski definition) is 2. The number of benzene rings is 1. The highest BCUT2D eigenvalue weighted by molar-refractivity contribution is 7.99. The zero-order chi connectivity index (χ0) is 10.1. The molecule has 1 heterocycles. The van der Waals surface area contributed by atoms with Crippen LogP contribution in [0.4, 0.5) is 0 Å². The minimum absolute atomic E-state index is 0.406. The zero-order valence-corrected chi connectivity index (χ0v) is 9.79. The Balaban J connectivity index is 2.41. The molecule has 0 amide bonds. The van der Waals surface area contributed by atoms with Crippen LogP contribution in [-0.2, 0) is 6.42 Å². The summed E-state index contributed by atoms with van der Waals surface area (Å²) in [5.74, 6) is 1.57. The van der Waals surface area contributed by atoms with E-state index in [2.05, 4.69) is 19.1 Å². The van der Waals surface area contributed by atoms with E-state index in [0.29, 0.717) is 12.5 Å². The first-order valence-corrected chi connectivity index (χ1v) is 6.24. The van der Waals surface area contributed by atoms with Gasteiger partial charge < -0.3 is 5.73 Å². The first-order chi connectivity index (χ1) is 6.72. The summed E-state index contributed by atoms with van der Waals surface area (Å²) in [6, 6.07) is 4.33. The van der Waals surface area contributed by atoms with Crippen molar-refractivity contribution in [3.63, 3.8) is 0 Å². The van der Waals surface area contributed by atoms with Gasteiger partial charge in [0.15, 0.2) is 0 Å². The maximum absolute atomic E-state index is 6.21. The number of aryl methyl sites for hydroxylation is 1. The first kappa shape index (κ1) is 10.3. The number of fused-ring (bicyclic) bond motifs is 1. The van der Waals surface area contributed by atoms with Crippen molar-refractivity contribution < 1.29 is 0 Å². The van der Waals surface area contributed by atoms with Gasteiger partial charge in [-0.25, -0.2) is 0 Å². The van der Waals surface area contributed by atoms with Crippen LogP contribution in [0, 0.1) is 0 Å². The molecule has 0 saturated heterocycles. The van der Waals surface area contributed by atoms with Crippen molar-refractivity contribution in [2.45, 2.75) is 24.2 Å². The number of halogens is 1. The predicted octanol–water partition coefficient (Wildman–Crippen LogP) is 3.05. The van der Waals surface area contributed by atoms with Gasteiger partial charge in [-0.3, -0.25) is 0 Å². The van der Waals surface area contributed by atoms with Gasteiger partial charge in [-0.15, -0.1) is 11.8 Å². The van der Waals surface area contributed by atoms with Gasteiger partial charge in [0.25, 0.3) is 0 Å². The maximum Gasteiger partial charge on any atom is 0.0547 e. The Kier molecular flexibility index (Phi) is 3.05. The quantitative estimate of drug-likeness (QED) is 0.841. The third-order valence-electron chi connectivity index (χ3n) is 2.68. The van der Waals surface area contributed by atoms with Crippen LogP contribution in [-0.4, -0.2) is 12.3 Å². The van der Waals surface area contributed by atoms with Gasteiger partial charge in [-0.05, 0) is 36.1 Å². The van der Waals surface area contributed by atoms with Gasteiger partial charge >= 0.3 is 0 Å². The molecule has 0 spiro atoms. The lowest BCUT2D eigenvalue weighted by molar-refractivity contribution is 0.771. The summed E-state index contributed by atoms with van der Waals surface area (Å²) < 4.78 is 0. The molecule has 0 radical (unpaired) electrons. The van der Waals surface area contributed by atoms with Crippen LogP contribution in [0.3, 0.4) is 0 Å². The second-order valence-corrected chi connectivity index (χ2v) is 5.24. The van der Waals surface area contributed by atoms with E-state index in [9.17, 15) is 0 Å². The van der Waals surface area contributed by atoms with E-state index in [1.165, 1.54) is 16.0 Å². The van der Waals surface area contributed by atoms with Crippen LogP contribution >= 0.6 is 23.4 Å². The molecule has 0 aromatic heterocycles. The fourth-order valence-electron chi connectivity index (χ4n) is 1.70. The maximum atomic E-state index is 6.21. The molecule has 1 atom stereocenters. The lowest BCUT2D eigenvalue weighted by atomic mass is 9.98. The van der Waals surface area contributed by atoms with E-state index < -0.39 is 0 Å². The van der Waals surface area contributed by atoms with Crippen LogP contribution in [0.2, 0.25) is 5.02 Å². The molecule has 1 aliphatic heterocycles. The Morgan fingerprint density at radius 3 is 3.07 bits per heavy atom. The Morgan fingerprint density at radius 1 is 1.57 bits per heavy atom. The number of nitrogens with two attached hydrogens (primary N) is 1. The zero-order valence-electron chi connectivity index (χ0n) is 8.22. The normalized spacial score (nSPS) is 16.8. The summed E-state index contributed by atoms with van der Waals surface area (Å²) in [7, 11) is 0. The molecule has 1 aliphatic rings. The molecule has 0 saturated carbocycles. The van der Waals surface area contributed by atoms with Crippen molar-refractivity contribution in [3.05, 3.63) is 28.3 Å². The molecule has 0 fully saturated rings. The topological polar surface area (TPSA) is 26.0 Å². The van der Waals surface area contributed by atoms with Crippen molar-refractivity contribution in [2.24, 2.45) is 5.73 Å². The van der Waals surface area contributed by atoms with Crippen LogP contribution in [0.1, 0.15) is 24.0 Å². The summed E-state index contributed by atoms with van der Waals surface area (Å²) in [5.41, 5.74) is 8.33. The van der Waals surface area contributed by atoms with E-state index >= 15 is 0 Å². The third kappa shape index (κ3) is 1.79. The third-order valence-corrected chi connectivity index (χ3v) is 4.27.